The Labute approximate surface area is 107 Å². The van der Waals surface area contributed by atoms with Gasteiger partial charge in [0.25, 0.3) is 0 Å². The average Bonchev–Trinajstić information content (AvgIpc) is 2.29. The van der Waals surface area contributed by atoms with Gasteiger partial charge in [0.2, 0.25) is 0 Å². The molecule has 0 saturated carbocycles. The van der Waals surface area contributed by atoms with Gasteiger partial charge in [-0.25, -0.2) is 4.79 Å². The highest BCUT2D eigenvalue weighted by molar-refractivity contribution is 6.38. The van der Waals surface area contributed by atoms with Crippen LogP contribution in [0.4, 0.5) is 0 Å². The minimum atomic E-state index is -0.582. The van der Waals surface area contributed by atoms with Crippen molar-refractivity contribution in [2.75, 3.05) is 6.61 Å². The lowest BCUT2D eigenvalue weighted by Gasteiger charge is -2.05. The van der Waals surface area contributed by atoms with Gasteiger partial charge in [0, 0.05) is 10.4 Å². The molecule has 0 saturated heterocycles. The Hall–Kier alpha value is -1.39. The van der Waals surface area contributed by atoms with E-state index in [4.69, 9.17) is 27.9 Å². The van der Waals surface area contributed by atoms with Crippen molar-refractivity contribution in [1.82, 2.24) is 10.2 Å². The van der Waals surface area contributed by atoms with E-state index in [0.29, 0.717) is 15.9 Å². The van der Waals surface area contributed by atoms with Gasteiger partial charge >= 0.3 is 5.97 Å². The van der Waals surface area contributed by atoms with E-state index in [1.807, 2.05) is 0 Å². The second kappa shape index (κ2) is 4.85. The molecule has 1 heterocycles. The van der Waals surface area contributed by atoms with Gasteiger partial charge in [0.05, 0.1) is 17.1 Å². The normalized spacial score (nSPS) is 10.5. The molecular formula is C11H8Cl2N2O2. The molecule has 0 radical (unpaired) electrons. The molecule has 0 spiro atoms. The lowest BCUT2D eigenvalue weighted by molar-refractivity contribution is 0.0518. The summed E-state index contributed by atoms with van der Waals surface area (Å²) in [5, 5.41) is 9.02. The Morgan fingerprint density at radius 2 is 2.12 bits per heavy atom. The van der Waals surface area contributed by atoms with Crippen molar-refractivity contribution in [2.45, 2.75) is 6.92 Å². The lowest BCUT2D eigenvalue weighted by Crippen LogP contribution is -2.09. The van der Waals surface area contributed by atoms with Crippen molar-refractivity contribution >= 4 is 40.1 Å². The molecule has 1 aromatic heterocycles. The van der Waals surface area contributed by atoms with E-state index < -0.39 is 5.97 Å². The fourth-order valence-electron chi connectivity index (χ4n) is 1.38. The van der Waals surface area contributed by atoms with E-state index in [1.165, 1.54) is 0 Å². The summed E-state index contributed by atoms with van der Waals surface area (Å²) in [5.74, 6) is -0.582. The van der Waals surface area contributed by atoms with Gasteiger partial charge in [-0.1, -0.05) is 23.2 Å². The SMILES string of the molecule is CCOC(=O)c1nnc2cc(Cl)ccc2c1Cl. The fourth-order valence-corrected chi connectivity index (χ4v) is 1.82. The van der Waals surface area contributed by atoms with E-state index >= 15 is 0 Å². The largest absolute Gasteiger partial charge is 0.461 e. The van der Waals surface area contributed by atoms with E-state index in [0.717, 1.165) is 0 Å². The highest BCUT2D eigenvalue weighted by Gasteiger charge is 2.17. The molecule has 2 rings (SSSR count). The Balaban J connectivity index is 2.58. The predicted octanol–water partition coefficient (Wildman–Crippen LogP) is 3.11. The van der Waals surface area contributed by atoms with Crippen LogP contribution in [0.5, 0.6) is 0 Å². The summed E-state index contributed by atoms with van der Waals surface area (Å²) in [7, 11) is 0. The predicted molar refractivity (Wildman–Crippen MR) is 65.5 cm³/mol. The molecule has 0 N–H and O–H groups in total. The summed E-state index contributed by atoms with van der Waals surface area (Å²) >= 11 is 11.9. The van der Waals surface area contributed by atoms with E-state index in [9.17, 15) is 4.79 Å². The summed E-state index contributed by atoms with van der Waals surface area (Å²) in [6, 6.07) is 4.99. The van der Waals surface area contributed by atoms with Crippen LogP contribution in [0, 0.1) is 0 Å². The van der Waals surface area contributed by atoms with Crippen molar-refractivity contribution in [2.24, 2.45) is 0 Å². The Morgan fingerprint density at radius 1 is 1.35 bits per heavy atom. The van der Waals surface area contributed by atoms with Crippen molar-refractivity contribution in [1.29, 1.82) is 0 Å². The third-order valence-electron chi connectivity index (χ3n) is 2.13. The first-order chi connectivity index (χ1) is 8.13. The average molecular weight is 271 g/mol. The van der Waals surface area contributed by atoms with Gasteiger partial charge in [-0.3, -0.25) is 0 Å². The van der Waals surface area contributed by atoms with Gasteiger partial charge in [0.15, 0.2) is 5.69 Å². The van der Waals surface area contributed by atoms with Crippen LogP contribution in [-0.4, -0.2) is 22.8 Å². The molecule has 0 fully saturated rings. The maximum absolute atomic E-state index is 11.5. The lowest BCUT2D eigenvalue weighted by atomic mass is 10.2. The zero-order chi connectivity index (χ0) is 12.4. The van der Waals surface area contributed by atoms with Crippen LogP contribution in [-0.2, 0) is 4.74 Å². The van der Waals surface area contributed by atoms with Gasteiger partial charge in [0.1, 0.15) is 0 Å². The number of fused-ring (bicyclic) bond motifs is 1. The monoisotopic (exact) mass is 270 g/mol. The topological polar surface area (TPSA) is 52.1 Å². The molecule has 88 valence electrons. The molecule has 0 amide bonds. The molecule has 17 heavy (non-hydrogen) atoms. The number of ether oxygens (including phenoxy) is 1. The third kappa shape index (κ3) is 2.33. The van der Waals surface area contributed by atoms with Crippen LogP contribution in [0.25, 0.3) is 10.9 Å². The van der Waals surface area contributed by atoms with Crippen molar-refractivity contribution in [3.8, 4) is 0 Å². The molecule has 0 unspecified atom stereocenters. The van der Waals surface area contributed by atoms with Crippen molar-refractivity contribution in [3.63, 3.8) is 0 Å². The molecule has 6 heteroatoms. The quantitative estimate of drug-likeness (QED) is 0.787. The van der Waals surface area contributed by atoms with Crippen LogP contribution in [0.15, 0.2) is 18.2 Å². The second-order valence-electron chi connectivity index (χ2n) is 3.24. The third-order valence-corrected chi connectivity index (χ3v) is 2.75. The fraction of sp³-hybridized carbons (Fsp3) is 0.182. The first kappa shape index (κ1) is 12.1. The Morgan fingerprint density at radius 3 is 2.82 bits per heavy atom. The number of nitrogens with zero attached hydrogens (tertiary/aromatic N) is 2. The van der Waals surface area contributed by atoms with Crippen LogP contribution in [0.2, 0.25) is 10.0 Å². The molecule has 4 nitrogen and oxygen atoms in total. The van der Waals surface area contributed by atoms with Crippen LogP contribution in [0.3, 0.4) is 0 Å². The molecule has 0 bridgehead atoms. The van der Waals surface area contributed by atoms with Crippen LogP contribution in [0.1, 0.15) is 17.4 Å². The summed E-state index contributed by atoms with van der Waals surface area (Å²) in [6.07, 6.45) is 0. The standard InChI is InChI=1S/C11H8Cl2N2O2/c1-2-17-11(16)10-9(13)7-4-3-6(12)5-8(7)14-15-10/h3-5H,2H2,1H3. The number of aromatic nitrogens is 2. The highest BCUT2D eigenvalue weighted by atomic mass is 35.5. The minimum Gasteiger partial charge on any atom is -0.461 e. The van der Waals surface area contributed by atoms with E-state index in [2.05, 4.69) is 10.2 Å². The number of hydrogen-bond acceptors (Lipinski definition) is 4. The van der Waals surface area contributed by atoms with Gasteiger partial charge in [-0.05, 0) is 25.1 Å². The smallest absolute Gasteiger partial charge is 0.360 e. The zero-order valence-electron chi connectivity index (χ0n) is 8.91. The molecular weight excluding hydrogens is 263 g/mol. The molecule has 2 aromatic rings. The minimum absolute atomic E-state index is 0.0170. The Kier molecular flexibility index (Phi) is 3.45. The first-order valence-corrected chi connectivity index (χ1v) is 5.67. The summed E-state index contributed by atoms with van der Waals surface area (Å²) in [4.78, 5) is 11.5. The molecule has 1 aromatic carbocycles. The van der Waals surface area contributed by atoms with Crippen molar-refractivity contribution in [3.05, 3.63) is 33.9 Å². The maximum atomic E-state index is 11.5. The maximum Gasteiger partial charge on any atom is 0.360 e. The number of benzene rings is 1. The van der Waals surface area contributed by atoms with Crippen LogP contribution < -0.4 is 0 Å². The van der Waals surface area contributed by atoms with Crippen molar-refractivity contribution < 1.29 is 9.53 Å². The van der Waals surface area contributed by atoms with Gasteiger partial charge in [-0.2, -0.15) is 0 Å². The summed E-state index contributed by atoms with van der Waals surface area (Å²) in [5.41, 5.74) is 0.555. The number of carbonyl (C=O) groups excluding carboxylic acids is 1. The number of hydrogen-bond donors (Lipinski definition) is 0. The molecule has 0 aliphatic rings. The van der Waals surface area contributed by atoms with E-state index in [-0.39, 0.29) is 17.3 Å². The number of rotatable bonds is 2. The molecule has 0 aliphatic heterocycles. The molecule has 0 aliphatic carbocycles. The van der Waals surface area contributed by atoms with Gasteiger partial charge in [-0.15, -0.1) is 10.2 Å². The number of esters is 1. The number of halogens is 2. The first-order valence-electron chi connectivity index (χ1n) is 4.92. The van der Waals surface area contributed by atoms with Crippen LogP contribution >= 0.6 is 23.2 Å². The second-order valence-corrected chi connectivity index (χ2v) is 4.06. The number of carbonyl (C=O) groups is 1. The summed E-state index contributed by atoms with van der Waals surface area (Å²) in [6.45, 7) is 1.97. The summed E-state index contributed by atoms with van der Waals surface area (Å²) < 4.78 is 4.83. The zero-order valence-corrected chi connectivity index (χ0v) is 10.4. The van der Waals surface area contributed by atoms with Gasteiger partial charge < -0.3 is 4.74 Å². The van der Waals surface area contributed by atoms with E-state index in [1.54, 1.807) is 25.1 Å². The Bertz CT molecular complexity index is 587. The highest BCUT2D eigenvalue weighted by Crippen LogP contribution is 2.26. The molecule has 0 atom stereocenters.